The zero-order valence-electron chi connectivity index (χ0n) is 12.1. The molecule has 0 aliphatic carbocycles. The summed E-state index contributed by atoms with van der Waals surface area (Å²) < 4.78 is 5.84. The summed E-state index contributed by atoms with van der Waals surface area (Å²) in [6.45, 7) is 7.01. The van der Waals surface area contributed by atoms with Gasteiger partial charge in [0.25, 0.3) is 0 Å². The van der Waals surface area contributed by atoms with Crippen molar-refractivity contribution in [1.29, 1.82) is 0 Å². The molecule has 1 aromatic carbocycles. The summed E-state index contributed by atoms with van der Waals surface area (Å²) in [7, 11) is 0. The van der Waals surface area contributed by atoms with Gasteiger partial charge in [0.2, 0.25) is 0 Å². The molecule has 2 unspecified atom stereocenters. The van der Waals surface area contributed by atoms with Crippen LogP contribution in [0.2, 0.25) is 0 Å². The van der Waals surface area contributed by atoms with Crippen molar-refractivity contribution in [3.05, 3.63) is 35.9 Å². The highest BCUT2D eigenvalue weighted by Crippen LogP contribution is 2.24. The first-order chi connectivity index (χ1) is 9.19. The van der Waals surface area contributed by atoms with Gasteiger partial charge in [-0.2, -0.15) is 0 Å². The van der Waals surface area contributed by atoms with E-state index in [0.717, 1.165) is 25.9 Å². The summed E-state index contributed by atoms with van der Waals surface area (Å²) in [6, 6.07) is 11.2. The largest absolute Gasteiger partial charge is 0.375 e. The van der Waals surface area contributed by atoms with Crippen molar-refractivity contribution < 1.29 is 4.74 Å². The monoisotopic (exact) mass is 262 g/mol. The van der Waals surface area contributed by atoms with Gasteiger partial charge in [0.05, 0.1) is 12.2 Å². The Labute approximate surface area is 116 Å². The van der Waals surface area contributed by atoms with E-state index in [-0.39, 0.29) is 0 Å². The van der Waals surface area contributed by atoms with E-state index in [1.165, 1.54) is 5.56 Å². The lowest BCUT2D eigenvalue weighted by Crippen LogP contribution is -2.45. The molecule has 2 rings (SSSR count). The summed E-state index contributed by atoms with van der Waals surface area (Å²) >= 11 is 0. The highest BCUT2D eigenvalue weighted by Gasteiger charge is 2.28. The van der Waals surface area contributed by atoms with Gasteiger partial charge in [-0.1, -0.05) is 30.3 Å². The molecule has 2 atom stereocenters. The molecule has 1 fully saturated rings. The second kappa shape index (κ2) is 7.04. The maximum atomic E-state index is 5.84. The first-order valence-electron chi connectivity index (χ1n) is 7.32. The first kappa shape index (κ1) is 14.5. The lowest BCUT2D eigenvalue weighted by molar-refractivity contribution is -0.0662. The van der Waals surface area contributed by atoms with Gasteiger partial charge in [0, 0.05) is 25.7 Å². The summed E-state index contributed by atoms with van der Waals surface area (Å²) in [5.74, 6) is 0. The van der Waals surface area contributed by atoms with E-state index in [1.807, 2.05) is 0 Å². The molecule has 1 aliphatic heterocycles. The zero-order valence-corrected chi connectivity index (χ0v) is 12.1. The van der Waals surface area contributed by atoms with Gasteiger partial charge in [-0.05, 0) is 32.3 Å². The van der Waals surface area contributed by atoms with Crippen molar-refractivity contribution in [2.75, 3.05) is 13.1 Å². The van der Waals surface area contributed by atoms with Crippen LogP contribution in [-0.4, -0.2) is 36.2 Å². The Hall–Kier alpha value is -0.900. The highest BCUT2D eigenvalue weighted by molar-refractivity contribution is 5.14. The summed E-state index contributed by atoms with van der Waals surface area (Å²) in [5.41, 5.74) is 7.15. The molecule has 19 heavy (non-hydrogen) atoms. The zero-order chi connectivity index (χ0) is 13.7. The Bertz CT molecular complexity index is 358. The van der Waals surface area contributed by atoms with Gasteiger partial charge >= 0.3 is 0 Å². The number of rotatable bonds is 5. The van der Waals surface area contributed by atoms with Gasteiger partial charge in [0.1, 0.15) is 0 Å². The van der Waals surface area contributed by atoms with Crippen LogP contribution >= 0.6 is 0 Å². The van der Waals surface area contributed by atoms with Crippen LogP contribution in [0.5, 0.6) is 0 Å². The molecular weight excluding hydrogens is 236 g/mol. The lowest BCUT2D eigenvalue weighted by Gasteiger charge is -2.39. The topological polar surface area (TPSA) is 38.5 Å². The fourth-order valence-corrected chi connectivity index (χ4v) is 3.04. The van der Waals surface area contributed by atoms with Crippen LogP contribution in [0.1, 0.15) is 32.3 Å². The van der Waals surface area contributed by atoms with E-state index in [1.54, 1.807) is 0 Å². The Morgan fingerprint density at radius 2 is 1.79 bits per heavy atom. The molecule has 1 aliphatic rings. The Morgan fingerprint density at radius 1 is 1.16 bits per heavy atom. The van der Waals surface area contributed by atoms with Gasteiger partial charge in [-0.3, -0.25) is 4.90 Å². The van der Waals surface area contributed by atoms with Gasteiger partial charge in [-0.15, -0.1) is 0 Å². The molecule has 106 valence electrons. The van der Waals surface area contributed by atoms with E-state index in [4.69, 9.17) is 10.5 Å². The first-order valence-corrected chi connectivity index (χ1v) is 7.32. The number of benzene rings is 1. The number of ether oxygens (including phenoxy) is 1. The average molecular weight is 262 g/mol. The molecular formula is C16H26N2O. The highest BCUT2D eigenvalue weighted by atomic mass is 16.5. The lowest BCUT2D eigenvalue weighted by atomic mass is 9.97. The minimum absolute atomic E-state index is 0.352. The molecule has 3 heteroatoms. The average Bonchev–Trinajstić information content (AvgIpc) is 2.38. The van der Waals surface area contributed by atoms with Gasteiger partial charge in [-0.25, -0.2) is 0 Å². The predicted octanol–water partition coefficient (Wildman–Crippen LogP) is 2.40. The molecule has 0 saturated carbocycles. The molecule has 0 spiro atoms. The number of nitrogens with two attached hydrogens (primary N) is 1. The van der Waals surface area contributed by atoms with Crippen molar-refractivity contribution >= 4 is 0 Å². The van der Waals surface area contributed by atoms with Crippen molar-refractivity contribution in [1.82, 2.24) is 4.90 Å². The van der Waals surface area contributed by atoms with E-state index in [2.05, 4.69) is 49.1 Å². The minimum Gasteiger partial charge on any atom is -0.375 e. The fourth-order valence-electron chi connectivity index (χ4n) is 3.04. The number of nitrogens with zero attached hydrogens (tertiary/aromatic N) is 1. The summed E-state index contributed by atoms with van der Waals surface area (Å²) in [5, 5.41) is 0. The molecule has 0 bridgehead atoms. The normalized spacial score (nSPS) is 27.7. The third-order valence-corrected chi connectivity index (χ3v) is 3.83. The number of hydrogen-bond acceptors (Lipinski definition) is 3. The Kier molecular flexibility index (Phi) is 5.37. The maximum Gasteiger partial charge on any atom is 0.0565 e. The van der Waals surface area contributed by atoms with Crippen LogP contribution in [0.25, 0.3) is 0 Å². The quantitative estimate of drug-likeness (QED) is 0.885. The van der Waals surface area contributed by atoms with Crippen molar-refractivity contribution in [2.45, 2.75) is 51.5 Å². The molecule has 1 heterocycles. The van der Waals surface area contributed by atoms with E-state index >= 15 is 0 Å². The molecule has 2 N–H and O–H groups in total. The molecule has 0 radical (unpaired) electrons. The van der Waals surface area contributed by atoms with Crippen molar-refractivity contribution in [3.63, 3.8) is 0 Å². The minimum atomic E-state index is 0.352. The Morgan fingerprint density at radius 3 is 2.37 bits per heavy atom. The van der Waals surface area contributed by atoms with E-state index < -0.39 is 0 Å². The van der Waals surface area contributed by atoms with Crippen molar-refractivity contribution in [3.8, 4) is 0 Å². The van der Waals surface area contributed by atoms with Crippen LogP contribution < -0.4 is 5.73 Å². The molecule has 0 amide bonds. The standard InChI is InChI=1S/C16H26N2O/c1-13-10-16(11-14(2)19-13)18(9-8-17)12-15-6-4-3-5-7-15/h3-7,13-14,16H,8-12,17H2,1-2H3. The maximum absolute atomic E-state index is 5.84. The van der Waals surface area contributed by atoms with E-state index in [0.29, 0.717) is 24.8 Å². The smallest absolute Gasteiger partial charge is 0.0565 e. The summed E-state index contributed by atoms with van der Waals surface area (Å²) in [4.78, 5) is 2.52. The third kappa shape index (κ3) is 4.30. The third-order valence-electron chi connectivity index (χ3n) is 3.83. The van der Waals surface area contributed by atoms with Crippen molar-refractivity contribution in [2.24, 2.45) is 5.73 Å². The summed E-state index contributed by atoms with van der Waals surface area (Å²) in [6.07, 6.45) is 2.92. The van der Waals surface area contributed by atoms with Crippen LogP contribution in [-0.2, 0) is 11.3 Å². The SMILES string of the molecule is CC1CC(N(CCN)Cc2ccccc2)CC(C)O1. The predicted molar refractivity (Wildman–Crippen MR) is 78.9 cm³/mol. The van der Waals surface area contributed by atoms with Gasteiger partial charge in [0.15, 0.2) is 0 Å². The van der Waals surface area contributed by atoms with Crippen LogP contribution in [0.15, 0.2) is 30.3 Å². The second-order valence-electron chi connectivity index (χ2n) is 5.63. The Balaban J connectivity index is 2.02. The number of hydrogen-bond donors (Lipinski definition) is 1. The fraction of sp³-hybridized carbons (Fsp3) is 0.625. The molecule has 0 aromatic heterocycles. The molecule has 3 nitrogen and oxygen atoms in total. The molecule has 1 saturated heterocycles. The van der Waals surface area contributed by atoms with E-state index in [9.17, 15) is 0 Å². The van der Waals surface area contributed by atoms with Crippen LogP contribution in [0.4, 0.5) is 0 Å². The molecule has 1 aromatic rings. The van der Waals surface area contributed by atoms with Gasteiger partial charge < -0.3 is 10.5 Å². The van der Waals surface area contributed by atoms with Crippen LogP contribution in [0.3, 0.4) is 0 Å². The second-order valence-corrected chi connectivity index (χ2v) is 5.63. The van der Waals surface area contributed by atoms with Crippen LogP contribution in [0, 0.1) is 0 Å².